The standard InChI is InChI=1S/C10H21N3O2/c1-5-12-6-8(14)13-7-10(2,3)9(15)11-4/h12H,5-7H2,1-4H3,(H,11,15)(H,13,14). The number of amides is 2. The molecule has 0 spiro atoms. The molecule has 0 radical (unpaired) electrons. The van der Waals surface area contributed by atoms with E-state index in [2.05, 4.69) is 16.0 Å². The van der Waals surface area contributed by atoms with Crippen LogP contribution in [0, 0.1) is 5.41 Å². The van der Waals surface area contributed by atoms with Crippen LogP contribution >= 0.6 is 0 Å². The van der Waals surface area contributed by atoms with E-state index in [1.54, 1.807) is 20.9 Å². The number of carbonyl (C=O) groups excluding carboxylic acids is 2. The zero-order valence-corrected chi connectivity index (χ0v) is 9.94. The smallest absolute Gasteiger partial charge is 0.233 e. The summed E-state index contributed by atoms with van der Waals surface area (Å²) < 4.78 is 0. The molecule has 0 saturated carbocycles. The van der Waals surface area contributed by atoms with Crippen LogP contribution in [0.4, 0.5) is 0 Å². The molecule has 5 heteroatoms. The first-order valence-corrected chi connectivity index (χ1v) is 5.13. The van der Waals surface area contributed by atoms with E-state index in [0.29, 0.717) is 13.1 Å². The second kappa shape index (κ2) is 6.40. The third-order valence-corrected chi connectivity index (χ3v) is 2.10. The summed E-state index contributed by atoms with van der Waals surface area (Å²) in [5, 5.41) is 8.19. The number of hydrogen-bond acceptors (Lipinski definition) is 3. The zero-order chi connectivity index (χ0) is 11.9. The van der Waals surface area contributed by atoms with Crippen LogP contribution in [0.1, 0.15) is 20.8 Å². The van der Waals surface area contributed by atoms with E-state index in [1.165, 1.54) is 0 Å². The fraction of sp³-hybridized carbons (Fsp3) is 0.800. The number of rotatable bonds is 6. The Bertz CT molecular complexity index is 227. The molecular formula is C10H21N3O2. The molecule has 3 N–H and O–H groups in total. The molecule has 0 saturated heterocycles. The van der Waals surface area contributed by atoms with Gasteiger partial charge in [-0.1, -0.05) is 6.92 Å². The molecule has 2 amide bonds. The maximum atomic E-state index is 11.4. The van der Waals surface area contributed by atoms with Gasteiger partial charge in [-0.3, -0.25) is 9.59 Å². The molecule has 0 aliphatic carbocycles. The molecular weight excluding hydrogens is 194 g/mol. The van der Waals surface area contributed by atoms with Crippen LogP contribution in [0.2, 0.25) is 0 Å². The Morgan fingerprint density at radius 1 is 1.27 bits per heavy atom. The Hall–Kier alpha value is -1.10. The predicted octanol–water partition coefficient (Wildman–Crippen LogP) is -0.516. The molecule has 0 bridgehead atoms. The normalized spacial score (nSPS) is 10.9. The Labute approximate surface area is 91.0 Å². The van der Waals surface area contributed by atoms with E-state index in [4.69, 9.17) is 0 Å². The third-order valence-electron chi connectivity index (χ3n) is 2.10. The van der Waals surface area contributed by atoms with Gasteiger partial charge in [0.1, 0.15) is 0 Å². The van der Waals surface area contributed by atoms with Gasteiger partial charge in [-0.2, -0.15) is 0 Å². The number of nitrogens with one attached hydrogen (secondary N) is 3. The lowest BCUT2D eigenvalue weighted by molar-refractivity contribution is -0.129. The molecule has 0 fully saturated rings. The van der Waals surface area contributed by atoms with Crippen molar-refractivity contribution in [2.24, 2.45) is 5.41 Å². The zero-order valence-electron chi connectivity index (χ0n) is 9.94. The highest BCUT2D eigenvalue weighted by molar-refractivity contribution is 5.83. The van der Waals surface area contributed by atoms with Crippen LogP contribution in [0.3, 0.4) is 0 Å². The highest BCUT2D eigenvalue weighted by Gasteiger charge is 2.26. The lowest BCUT2D eigenvalue weighted by atomic mass is 9.92. The molecule has 0 aromatic rings. The van der Waals surface area contributed by atoms with Crippen LogP contribution in [-0.4, -0.2) is 38.5 Å². The molecule has 0 aliphatic rings. The van der Waals surface area contributed by atoms with E-state index in [1.807, 2.05) is 6.92 Å². The summed E-state index contributed by atoms with van der Waals surface area (Å²) in [6, 6.07) is 0. The van der Waals surface area contributed by atoms with Gasteiger partial charge in [-0.05, 0) is 20.4 Å². The molecule has 0 aromatic heterocycles. The quantitative estimate of drug-likeness (QED) is 0.558. The predicted molar refractivity (Wildman–Crippen MR) is 59.4 cm³/mol. The Morgan fingerprint density at radius 2 is 1.87 bits per heavy atom. The molecule has 0 atom stereocenters. The summed E-state index contributed by atoms with van der Waals surface area (Å²) in [4.78, 5) is 22.6. The van der Waals surface area contributed by atoms with Gasteiger partial charge in [0.05, 0.1) is 12.0 Å². The maximum absolute atomic E-state index is 11.4. The van der Waals surface area contributed by atoms with Gasteiger partial charge in [-0.15, -0.1) is 0 Å². The van der Waals surface area contributed by atoms with Crippen molar-refractivity contribution < 1.29 is 9.59 Å². The minimum Gasteiger partial charge on any atom is -0.359 e. The van der Waals surface area contributed by atoms with Gasteiger partial charge >= 0.3 is 0 Å². The first-order valence-electron chi connectivity index (χ1n) is 5.13. The molecule has 88 valence electrons. The minimum atomic E-state index is -0.573. The van der Waals surface area contributed by atoms with E-state index in [9.17, 15) is 9.59 Å². The highest BCUT2D eigenvalue weighted by Crippen LogP contribution is 2.12. The highest BCUT2D eigenvalue weighted by atomic mass is 16.2. The summed E-state index contributed by atoms with van der Waals surface area (Å²) in [6.45, 7) is 6.91. The van der Waals surface area contributed by atoms with Crippen LogP contribution < -0.4 is 16.0 Å². The van der Waals surface area contributed by atoms with Crippen molar-refractivity contribution in [2.75, 3.05) is 26.7 Å². The van der Waals surface area contributed by atoms with Gasteiger partial charge in [0.15, 0.2) is 0 Å². The Morgan fingerprint density at radius 3 is 2.33 bits per heavy atom. The molecule has 0 rings (SSSR count). The minimum absolute atomic E-state index is 0.0775. The topological polar surface area (TPSA) is 70.2 Å². The van der Waals surface area contributed by atoms with Crippen molar-refractivity contribution in [3.63, 3.8) is 0 Å². The second-order valence-corrected chi connectivity index (χ2v) is 4.02. The Kier molecular flexibility index (Phi) is 5.93. The lowest BCUT2D eigenvalue weighted by Gasteiger charge is -2.22. The van der Waals surface area contributed by atoms with E-state index >= 15 is 0 Å². The molecule has 0 unspecified atom stereocenters. The van der Waals surface area contributed by atoms with E-state index in [-0.39, 0.29) is 11.8 Å². The number of hydrogen-bond donors (Lipinski definition) is 3. The summed E-state index contributed by atoms with van der Waals surface area (Å²) in [5.41, 5.74) is -0.573. The number of carbonyl (C=O) groups is 2. The molecule has 0 heterocycles. The van der Waals surface area contributed by atoms with Gasteiger partial charge < -0.3 is 16.0 Å². The van der Waals surface area contributed by atoms with E-state index in [0.717, 1.165) is 6.54 Å². The SMILES string of the molecule is CCNCC(=O)NCC(C)(C)C(=O)NC. The molecule has 15 heavy (non-hydrogen) atoms. The van der Waals surface area contributed by atoms with Crippen LogP contribution in [-0.2, 0) is 9.59 Å². The van der Waals surface area contributed by atoms with Crippen LogP contribution in [0.25, 0.3) is 0 Å². The first-order chi connectivity index (χ1) is 6.94. The van der Waals surface area contributed by atoms with Gasteiger partial charge in [0.2, 0.25) is 11.8 Å². The van der Waals surface area contributed by atoms with Gasteiger partial charge in [0.25, 0.3) is 0 Å². The monoisotopic (exact) mass is 215 g/mol. The second-order valence-electron chi connectivity index (χ2n) is 4.02. The number of likely N-dealkylation sites (N-methyl/N-ethyl adjacent to an activating group) is 1. The maximum Gasteiger partial charge on any atom is 0.233 e. The van der Waals surface area contributed by atoms with E-state index < -0.39 is 5.41 Å². The fourth-order valence-electron chi connectivity index (χ4n) is 1.04. The average molecular weight is 215 g/mol. The van der Waals surface area contributed by atoms with Crippen LogP contribution in [0.15, 0.2) is 0 Å². The van der Waals surface area contributed by atoms with Crippen molar-refractivity contribution in [3.8, 4) is 0 Å². The summed E-state index contributed by atoms with van der Waals surface area (Å²) >= 11 is 0. The summed E-state index contributed by atoms with van der Waals surface area (Å²) in [6.07, 6.45) is 0. The summed E-state index contributed by atoms with van der Waals surface area (Å²) in [5.74, 6) is -0.167. The van der Waals surface area contributed by atoms with Crippen molar-refractivity contribution in [2.45, 2.75) is 20.8 Å². The lowest BCUT2D eigenvalue weighted by Crippen LogP contribution is -2.45. The van der Waals surface area contributed by atoms with Crippen molar-refractivity contribution in [3.05, 3.63) is 0 Å². The molecule has 0 aromatic carbocycles. The van der Waals surface area contributed by atoms with Crippen molar-refractivity contribution in [1.82, 2.24) is 16.0 Å². The Balaban J connectivity index is 3.92. The van der Waals surface area contributed by atoms with Gasteiger partial charge in [-0.25, -0.2) is 0 Å². The molecule has 0 aliphatic heterocycles. The first kappa shape index (κ1) is 13.9. The van der Waals surface area contributed by atoms with Gasteiger partial charge in [0, 0.05) is 13.6 Å². The van der Waals surface area contributed by atoms with Crippen LogP contribution in [0.5, 0.6) is 0 Å². The fourth-order valence-corrected chi connectivity index (χ4v) is 1.04. The summed E-state index contributed by atoms with van der Waals surface area (Å²) in [7, 11) is 1.59. The van der Waals surface area contributed by atoms with Crippen molar-refractivity contribution in [1.29, 1.82) is 0 Å². The van der Waals surface area contributed by atoms with Crippen molar-refractivity contribution >= 4 is 11.8 Å². The average Bonchev–Trinajstić information content (AvgIpc) is 2.22. The molecule has 5 nitrogen and oxygen atoms in total. The third kappa shape index (κ3) is 5.37. The largest absolute Gasteiger partial charge is 0.359 e.